The molecule has 0 aliphatic rings. The number of aryl methyl sites for hydroxylation is 1. The van der Waals surface area contributed by atoms with Gasteiger partial charge in [0.25, 0.3) is 0 Å². The highest BCUT2D eigenvalue weighted by Gasteiger charge is 2.35. The van der Waals surface area contributed by atoms with Crippen molar-refractivity contribution in [1.29, 1.82) is 0 Å². The molecule has 0 radical (unpaired) electrons. The first-order valence-electron chi connectivity index (χ1n) is 5.64. The molecular weight excluding hydrogens is 292 g/mol. The van der Waals surface area contributed by atoms with E-state index in [0.29, 0.717) is 17.8 Å². The van der Waals surface area contributed by atoms with Gasteiger partial charge in [-0.1, -0.05) is 0 Å². The van der Waals surface area contributed by atoms with Gasteiger partial charge in [0.1, 0.15) is 11.6 Å². The second kappa shape index (κ2) is 5.08. The van der Waals surface area contributed by atoms with Crippen molar-refractivity contribution in [3.05, 3.63) is 41.0 Å². The lowest BCUT2D eigenvalue weighted by atomic mass is 10.1. The van der Waals surface area contributed by atoms with E-state index in [0.717, 1.165) is 10.9 Å². The Morgan fingerprint density at radius 1 is 1.38 bits per heavy atom. The van der Waals surface area contributed by atoms with Gasteiger partial charge in [-0.15, -0.1) is 0 Å². The molecule has 5 nitrogen and oxygen atoms in total. The van der Waals surface area contributed by atoms with Crippen LogP contribution in [0.3, 0.4) is 0 Å². The molecule has 0 spiro atoms. The minimum atomic E-state index is -4.80. The molecule has 0 bridgehead atoms. The summed E-state index contributed by atoms with van der Waals surface area (Å²) in [5, 5.41) is 13.2. The van der Waals surface area contributed by atoms with Crippen molar-refractivity contribution >= 4 is 12.2 Å². The highest BCUT2D eigenvalue weighted by Crippen LogP contribution is 2.37. The van der Waals surface area contributed by atoms with Crippen molar-refractivity contribution in [3.8, 4) is 5.75 Å². The Morgan fingerprint density at radius 2 is 2.05 bits per heavy atom. The second-order valence-corrected chi connectivity index (χ2v) is 4.18. The van der Waals surface area contributed by atoms with Crippen LogP contribution in [0, 0.1) is 12.7 Å². The third kappa shape index (κ3) is 2.96. The molecule has 0 saturated carbocycles. The maximum Gasteiger partial charge on any atom is 0.419 e. The number of phenols is 1. The number of hydrogen-bond donors (Lipinski definition) is 2. The quantitative estimate of drug-likeness (QED) is 0.661. The predicted octanol–water partition coefficient (Wildman–Crippen LogP) is 2.52. The number of aromatic nitrogens is 2. The number of halogens is 4. The smallest absolute Gasteiger partial charge is 0.419 e. The first kappa shape index (κ1) is 14.8. The third-order valence-corrected chi connectivity index (χ3v) is 2.62. The third-order valence-electron chi connectivity index (χ3n) is 2.62. The number of hydrogen-bond acceptors (Lipinski definition) is 4. The molecule has 2 aromatic rings. The lowest BCUT2D eigenvalue weighted by Crippen LogP contribution is -2.07. The van der Waals surface area contributed by atoms with Crippen LogP contribution in [0.1, 0.15) is 16.8 Å². The van der Waals surface area contributed by atoms with Gasteiger partial charge in [-0.3, -0.25) is 0 Å². The minimum absolute atomic E-state index is 0.0179. The van der Waals surface area contributed by atoms with Gasteiger partial charge in [0.2, 0.25) is 5.95 Å². The fourth-order valence-corrected chi connectivity index (χ4v) is 1.65. The number of nitrogens with two attached hydrogens (primary N) is 1. The summed E-state index contributed by atoms with van der Waals surface area (Å²) in [6.45, 7) is 1.63. The monoisotopic (exact) mass is 302 g/mol. The molecule has 0 saturated heterocycles. The Bertz CT molecular complexity index is 706. The summed E-state index contributed by atoms with van der Waals surface area (Å²) < 4.78 is 52.5. The molecule has 1 aromatic carbocycles. The Hall–Kier alpha value is -2.58. The number of phenolic OH excluding ortho intramolecular Hbond substituents is 1. The summed E-state index contributed by atoms with van der Waals surface area (Å²) in [6, 6.07) is 1.06. The van der Waals surface area contributed by atoms with Crippen molar-refractivity contribution in [3.63, 3.8) is 0 Å². The summed E-state index contributed by atoms with van der Waals surface area (Å²) in [5.41, 5.74) is 3.98. The number of aromatic hydroxyl groups is 1. The average Bonchev–Trinajstić information content (AvgIpc) is 2.66. The van der Waals surface area contributed by atoms with Gasteiger partial charge in [0, 0.05) is 0 Å². The van der Waals surface area contributed by atoms with E-state index in [-0.39, 0.29) is 5.95 Å². The topological polar surface area (TPSA) is 76.4 Å². The number of alkyl halides is 3. The summed E-state index contributed by atoms with van der Waals surface area (Å²) >= 11 is 0. The molecule has 9 heteroatoms. The molecule has 0 aliphatic heterocycles. The fourth-order valence-electron chi connectivity index (χ4n) is 1.65. The van der Waals surface area contributed by atoms with E-state index in [1.807, 2.05) is 0 Å². The molecule has 21 heavy (non-hydrogen) atoms. The van der Waals surface area contributed by atoms with Crippen LogP contribution in [0.4, 0.5) is 23.5 Å². The van der Waals surface area contributed by atoms with Crippen LogP contribution in [0.2, 0.25) is 0 Å². The van der Waals surface area contributed by atoms with Crippen LogP contribution < -0.4 is 5.73 Å². The Labute approximate surface area is 116 Å². The largest absolute Gasteiger partial charge is 0.507 e. The molecule has 3 N–H and O–H groups in total. The van der Waals surface area contributed by atoms with Crippen molar-refractivity contribution in [2.45, 2.75) is 13.1 Å². The number of nitrogen functional groups attached to an aromatic ring is 1. The van der Waals surface area contributed by atoms with Gasteiger partial charge < -0.3 is 10.8 Å². The van der Waals surface area contributed by atoms with Crippen molar-refractivity contribution < 1.29 is 22.7 Å². The van der Waals surface area contributed by atoms with E-state index in [1.165, 1.54) is 6.20 Å². The minimum Gasteiger partial charge on any atom is -0.507 e. The number of anilines is 1. The second-order valence-electron chi connectivity index (χ2n) is 4.18. The highest BCUT2D eigenvalue weighted by atomic mass is 19.4. The van der Waals surface area contributed by atoms with Crippen LogP contribution in [0.25, 0.3) is 0 Å². The van der Waals surface area contributed by atoms with Gasteiger partial charge in [-0.2, -0.15) is 18.3 Å². The standard InChI is InChI=1S/C12H10F4N4O/c1-6-5-20(11(17)19-6)18-4-7-9(13)3-2-8(10(7)21)12(14,15)16/h2-5,21H,1H3,(H2,17,19). The van der Waals surface area contributed by atoms with Gasteiger partial charge in [-0.05, 0) is 19.1 Å². The lowest BCUT2D eigenvalue weighted by molar-refractivity contribution is -0.138. The van der Waals surface area contributed by atoms with Gasteiger partial charge in [0.15, 0.2) is 0 Å². The molecular formula is C12H10F4N4O. The van der Waals surface area contributed by atoms with E-state index >= 15 is 0 Å². The Morgan fingerprint density at radius 3 is 2.57 bits per heavy atom. The van der Waals surface area contributed by atoms with Gasteiger partial charge in [0.05, 0.1) is 29.2 Å². The highest BCUT2D eigenvalue weighted by molar-refractivity contribution is 5.84. The molecule has 0 amide bonds. The zero-order valence-electron chi connectivity index (χ0n) is 10.7. The normalized spacial score (nSPS) is 12.2. The molecule has 0 unspecified atom stereocenters. The molecule has 1 aromatic heterocycles. The molecule has 0 atom stereocenters. The SMILES string of the molecule is Cc1cn(N=Cc2c(F)ccc(C(F)(F)F)c2O)c(N)n1. The van der Waals surface area contributed by atoms with E-state index in [1.54, 1.807) is 6.92 Å². The Balaban J connectivity index is 2.47. The molecule has 2 rings (SSSR count). The molecule has 112 valence electrons. The van der Waals surface area contributed by atoms with E-state index in [2.05, 4.69) is 10.1 Å². The van der Waals surface area contributed by atoms with Crippen LogP contribution in [0.5, 0.6) is 5.75 Å². The van der Waals surface area contributed by atoms with Gasteiger partial charge in [-0.25, -0.2) is 14.1 Å². The average molecular weight is 302 g/mol. The first-order valence-corrected chi connectivity index (χ1v) is 5.64. The molecule has 1 heterocycles. The van der Waals surface area contributed by atoms with Crippen LogP contribution in [-0.2, 0) is 6.18 Å². The predicted molar refractivity (Wildman–Crippen MR) is 67.4 cm³/mol. The number of rotatable bonds is 2. The van der Waals surface area contributed by atoms with Crippen LogP contribution in [0.15, 0.2) is 23.4 Å². The first-order chi connectivity index (χ1) is 9.70. The summed E-state index contributed by atoms with van der Waals surface area (Å²) in [4.78, 5) is 3.82. The summed E-state index contributed by atoms with van der Waals surface area (Å²) in [5.74, 6) is -2.29. The maximum atomic E-state index is 13.6. The van der Waals surface area contributed by atoms with Crippen molar-refractivity contribution in [2.75, 3.05) is 5.73 Å². The lowest BCUT2D eigenvalue weighted by Gasteiger charge is -2.11. The summed E-state index contributed by atoms with van der Waals surface area (Å²) in [7, 11) is 0. The number of benzene rings is 1. The van der Waals surface area contributed by atoms with E-state index < -0.39 is 28.9 Å². The number of nitrogens with zero attached hydrogens (tertiary/aromatic N) is 3. The van der Waals surface area contributed by atoms with E-state index in [9.17, 15) is 22.7 Å². The van der Waals surface area contributed by atoms with Crippen LogP contribution in [-0.4, -0.2) is 21.0 Å². The zero-order chi connectivity index (χ0) is 15.8. The van der Waals surface area contributed by atoms with Gasteiger partial charge >= 0.3 is 6.18 Å². The van der Waals surface area contributed by atoms with Crippen LogP contribution >= 0.6 is 0 Å². The summed E-state index contributed by atoms with van der Waals surface area (Å²) in [6.07, 6.45) is -2.66. The fraction of sp³-hybridized carbons (Fsp3) is 0.167. The maximum absolute atomic E-state index is 13.6. The van der Waals surface area contributed by atoms with E-state index in [4.69, 9.17) is 5.73 Å². The number of imidazole rings is 1. The van der Waals surface area contributed by atoms with Crippen molar-refractivity contribution in [1.82, 2.24) is 9.66 Å². The Kier molecular flexibility index (Phi) is 3.58. The molecule has 0 fully saturated rings. The zero-order valence-corrected chi connectivity index (χ0v) is 10.7. The van der Waals surface area contributed by atoms with Crippen molar-refractivity contribution in [2.24, 2.45) is 5.10 Å². The molecule has 0 aliphatic carbocycles.